The molecular weight excluding hydrogens is 377 g/mol. The first kappa shape index (κ1) is 21.7. The van der Waals surface area contributed by atoms with Gasteiger partial charge in [0.1, 0.15) is 5.75 Å². The second-order valence-electron chi connectivity index (χ2n) is 8.06. The summed E-state index contributed by atoms with van der Waals surface area (Å²) < 4.78 is 42.4. The smallest absolute Gasteiger partial charge is 0.406 e. The minimum absolute atomic E-state index is 0.160. The molecule has 1 unspecified atom stereocenters. The molecule has 1 atom stereocenters. The highest BCUT2D eigenvalue weighted by atomic mass is 19.4. The molecule has 0 spiro atoms. The van der Waals surface area contributed by atoms with Crippen LogP contribution in [-0.4, -0.2) is 17.6 Å². The number of hydrogen-bond donors (Lipinski definition) is 1. The molecule has 1 aliphatic rings. The quantitative estimate of drug-likeness (QED) is 0.532. The zero-order valence-corrected chi connectivity index (χ0v) is 16.8. The zero-order chi connectivity index (χ0) is 20.9. The highest BCUT2D eigenvalue weighted by molar-refractivity contribution is 5.69. The van der Waals surface area contributed by atoms with Gasteiger partial charge in [0.05, 0.1) is 6.10 Å². The molecule has 2 aromatic rings. The Labute approximate surface area is 170 Å². The number of ether oxygens (including phenoxy) is 1. The lowest BCUT2D eigenvalue weighted by atomic mass is 9.75. The molecule has 158 valence electrons. The highest BCUT2D eigenvalue weighted by Crippen LogP contribution is 2.43. The van der Waals surface area contributed by atoms with Gasteiger partial charge in [0.25, 0.3) is 0 Å². The molecule has 0 heterocycles. The average Bonchev–Trinajstić information content (AvgIpc) is 2.68. The van der Waals surface area contributed by atoms with E-state index in [-0.39, 0.29) is 17.8 Å². The van der Waals surface area contributed by atoms with E-state index in [0.29, 0.717) is 5.92 Å². The largest absolute Gasteiger partial charge is 0.573 e. The molecule has 0 saturated heterocycles. The third-order valence-electron chi connectivity index (χ3n) is 5.86. The van der Waals surface area contributed by atoms with Gasteiger partial charge in [-0.25, -0.2) is 0 Å². The van der Waals surface area contributed by atoms with Crippen molar-refractivity contribution in [3.8, 4) is 16.9 Å². The van der Waals surface area contributed by atoms with Crippen LogP contribution in [0.25, 0.3) is 11.1 Å². The van der Waals surface area contributed by atoms with Crippen LogP contribution in [-0.2, 0) is 0 Å². The predicted molar refractivity (Wildman–Crippen MR) is 109 cm³/mol. The minimum atomic E-state index is -4.70. The van der Waals surface area contributed by atoms with Crippen LogP contribution in [0.1, 0.15) is 63.4 Å². The van der Waals surface area contributed by atoms with Gasteiger partial charge in [0, 0.05) is 0 Å². The van der Waals surface area contributed by atoms with Crippen LogP contribution in [0.2, 0.25) is 0 Å². The standard InChI is InChI=1S/C24H29F3O2/c1-2-6-20(28)15-17-9-11-19(12-10-17)23-16-21(29-24(25,26)27)13-14-22(23)18-7-4-3-5-8-18/h3-5,7-8,13-14,16-17,19-20,28H,2,6,9-12,15H2,1H3. The Morgan fingerprint density at radius 2 is 1.72 bits per heavy atom. The molecule has 29 heavy (non-hydrogen) atoms. The van der Waals surface area contributed by atoms with Crippen molar-refractivity contribution in [1.29, 1.82) is 0 Å². The number of benzene rings is 2. The third-order valence-corrected chi connectivity index (χ3v) is 5.86. The van der Waals surface area contributed by atoms with Crippen LogP contribution in [0, 0.1) is 5.92 Å². The Hall–Kier alpha value is -2.01. The summed E-state index contributed by atoms with van der Waals surface area (Å²) in [7, 11) is 0. The second kappa shape index (κ2) is 9.66. The number of rotatable bonds is 7. The molecule has 0 aromatic heterocycles. The summed E-state index contributed by atoms with van der Waals surface area (Å²) in [5, 5.41) is 10.1. The molecule has 5 heteroatoms. The van der Waals surface area contributed by atoms with Gasteiger partial charge >= 0.3 is 6.36 Å². The fourth-order valence-corrected chi connectivity index (χ4v) is 4.50. The molecule has 1 saturated carbocycles. The Morgan fingerprint density at radius 1 is 1.03 bits per heavy atom. The molecule has 2 nitrogen and oxygen atoms in total. The summed E-state index contributed by atoms with van der Waals surface area (Å²) in [6, 6.07) is 14.5. The van der Waals surface area contributed by atoms with Crippen LogP contribution < -0.4 is 4.74 Å². The molecule has 1 N–H and O–H groups in total. The zero-order valence-electron chi connectivity index (χ0n) is 16.8. The van der Waals surface area contributed by atoms with Crippen LogP contribution in [0.15, 0.2) is 48.5 Å². The minimum Gasteiger partial charge on any atom is -0.406 e. The van der Waals surface area contributed by atoms with Crippen molar-refractivity contribution in [2.75, 3.05) is 0 Å². The van der Waals surface area contributed by atoms with Crippen LogP contribution in [0.3, 0.4) is 0 Å². The lowest BCUT2D eigenvalue weighted by Gasteiger charge is -2.31. The van der Waals surface area contributed by atoms with E-state index in [1.807, 2.05) is 30.3 Å². The van der Waals surface area contributed by atoms with Crippen LogP contribution in [0.5, 0.6) is 5.75 Å². The molecule has 1 fully saturated rings. The Balaban J connectivity index is 1.80. The van der Waals surface area contributed by atoms with E-state index in [0.717, 1.165) is 61.6 Å². The molecular formula is C24H29F3O2. The monoisotopic (exact) mass is 406 g/mol. The number of hydrogen-bond acceptors (Lipinski definition) is 2. The number of aliphatic hydroxyl groups is 1. The van der Waals surface area contributed by atoms with Gasteiger partial charge in [-0.1, -0.05) is 49.7 Å². The Morgan fingerprint density at radius 3 is 2.34 bits per heavy atom. The lowest BCUT2D eigenvalue weighted by molar-refractivity contribution is -0.274. The topological polar surface area (TPSA) is 29.5 Å². The maximum Gasteiger partial charge on any atom is 0.573 e. The fraction of sp³-hybridized carbons (Fsp3) is 0.500. The SMILES string of the molecule is CCCC(O)CC1CCC(c2cc(OC(F)(F)F)ccc2-c2ccccc2)CC1. The molecule has 2 aromatic carbocycles. The summed E-state index contributed by atoms with van der Waals surface area (Å²) in [4.78, 5) is 0. The van der Waals surface area contributed by atoms with Crippen molar-refractivity contribution < 1.29 is 23.0 Å². The molecule has 0 aliphatic heterocycles. The molecule has 1 aliphatic carbocycles. The van der Waals surface area contributed by atoms with Gasteiger partial charge in [0.2, 0.25) is 0 Å². The second-order valence-corrected chi connectivity index (χ2v) is 8.06. The molecule has 0 amide bonds. The van der Waals surface area contributed by atoms with Crippen molar-refractivity contribution in [2.24, 2.45) is 5.92 Å². The summed E-state index contributed by atoms with van der Waals surface area (Å²) in [6.45, 7) is 2.07. The molecule has 3 rings (SSSR count). The summed E-state index contributed by atoms with van der Waals surface area (Å²) in [5.74, 6) is 0.525. The van der Waals surface area contributed by atoms with Gasteiger partial charge in [-0.15, -0.1) is 13.2 Å². The first-order valence-electron chi connectivity index (χ1n) is 10.5. The third kappa shape index (κ3) is 6.23. The lowest BCUT2D eigenvalue weighted by Crippen LogP contribution is -2.20. The van der Waals surface area contributed by atoms with Crippen molar-refractivity contribution >= 4 is 0 Å². The van der Waals surface area contributed by atoms with Crippen molar-refractivity contribution in [1.82, 2.24) is 0 Å². The van der Waals surface area contributed by atoms with Crippen molar-refractivity contribution in [3.05, 3.63) is 54.1 Å². The van der Waals surface area contributed by atoms with E-state index in [4.69, 9.17) is 0 Å². The Kier molecular flexibility index (Phi) is 7.23. The fourth-order valence-electron chi connectivity index (χ4n) is 4.50. The Bertz CT molecular complexity index is 765. The van der Waals surface area contributed by atoms with Gasteiger partial charge in [-0.2, -0.15) is 0 Å². The first-order chi connectivity index (χ1) is 13.9. The maximum atomic E-state index is 12.7. The predicted octanol–water partition coefficient (Wildman–Crippen LogP) is 7.08. The van der Waals surface area contributed by atoms with E-state index in [2.05, 4.69) is 11.7 Å². The van der Waals surface area contributed by atoms with E-state index in [1.54, 1.807) is 12.1 Å². The number of aliphatic hydroxyl groups excluding tert-OH is 1. The van der Waals surface area contributed by atoms with Crippen LogP contribution >= 0.6 is 0 Å². The van der Waals surface area contributed by atoms with Gasteiger partial charge in [-0.05, 0) is 79.2 Å². The van der Waals surface area contributed by atoms with E-state index >= 15 is 0 Å². The first-order valence-corrected chi connectivity index (χ1v) is 10.5. The van der Waals surface area contributed by atoms with Gasteiger partial charge in [0.15, 0.2) is 0 Å². The number of alkyl halides is 3. The van der Waals surface area contributed by atoms with Crippen molar-refractivity contribution in [3.63, 3.8) is 0 Å². The van der Waals surface area contributed by atoms with E-state index < -0.39 is 6.36 Å². The number of halogens is 3. The summed E-state index contributed by atoms with van der Waals surface area (Å²) in [5.41, 5.74) is 2.89. The maximum absolute atomic E-state index is 12.7. The highest BCUT2D eigenvalue weighted by Gasteiger charge is 2.32. The van der Waals surface area contributed by atoms with E-state index in [9.17, 15) is 18.3 Å². The van der Waals surface area contributed by atoms with Gasteiger partial charge in [-0.3, -0.25) is 0 Å². The van der Waals surface area contributed by atoms with Gasteiger partial charge < -0.3 is 9.84 Å². The average molecular weight is 406 g/mol. The van der Waals surface area contributed by atoms with E-state index in [1.165, 1.54) is 6.07 Å². The van der Waals surface area contributed by atoms with Crippen molar-refractivity contribution in [2.45, 2.75) is 70.3 Å². The molecule has 0 radical (unpaired) electrons. The molecule has 0 bridgehead atoms. The summed E-state index contributed by atoms with van der Waals surface area (Å²) in [6.07, 6.45) is 1.50. The summed E-state index contributed by atoms with van der Waals surface area (Å²) >= 11 is 0. The van der Waals surface area contributed by atoms with Crippen LogP contribution in [0.4, 0.5) is 13.2 Å². The normalized spacial score (nSPS) is 21.0.